The summed E-state index contributed by atoms with van der Waals surface area (Å²) in [6.07, 6.45) is 0.671. The first-order valence-electron chi connectivity index (χ1n) is 11.2. The number of thioether (sulfide) groups is 1. The third-order valence-electron chi connectivity index (χ3n) is 5.84. The molecule has 3 aromatic rings. The molecule has 6 nitrogen and oxygen atoms in total. The summed E-state index contributed by atoms with van der Waals surface area (Å²) < 4.78 is 10.6. The second-order valence-electron chi connectivity index (χ2n) is 8.13. The Morgan fingerprint density at radius 3 is 2.37 bits per heavy atom. The third-order valence-corrected chi connectivity index (χ3v) is 7.35. The molecule has 2 amide bonds. The minimum absolute atomic E-state index is 0.0830. The van der Waals surface area contributed by atoms with E-state index < -0.39 is 0 Å². The van der Waals surface area contributed by atoms with Gasteiger partial charge in [0.05, 0.1) is 20.0 Å². The van der Waals surface area contributed by atoms with Crippen molar-refractivity contribution in [3.05, 3.63) is 94.0 Å². The van der Waals surface area contributed by atoms with Gasteiger partial charge in [-0.15, -0.1) is 11.8 Å². The van der Waals surface area contributed by atoms with Crippen LogP contribution in [0.4, 0.5) is 0 Å². The normalized spacial score (nSPS) is 15.2. The zero-order chi connectivity index (χ0) is 24.8. The molecule has 1 saturated heterocycles. The number of hydrogen-bond acceptors (Lipinski definition) is 5. The van der Waals surface area contributed by atoms with Crippen molar-refractivity contribution >= 4 is 35.2 Å². The lowest BCUT2D eigenvalue weighted by Gasteiger charge is -2.24. The van der Waals surface area contributed by atoms with Crippen molar-refractivity contribution in [3.63, 3.8) is 0 Å². The topological polar surface area (TPSA) is 67.9 Å². The van der Waals surface area contributed by atoms with E-state index in [0.29, 0.717) is 47.3 Å². The molecular formula is C27H27ClN2O4S. The number of carbonyl (C=O) groups is 2. The Balaban J connectivity index is 1.35. The van der Waals surface area contributed by atoms with Crippen LogP contribution in [0.5, 0.6) is 11.5 Å². The van der Waals surface area contributed by atoms with E-state index in [2.05, 4.69) is 5.32 Å². The number of carbonyl (C=O) groups excluding carboxylic acids is 2. The lowest BCUT2D eigenvalue weighted by atomic mass is 10.1. The largest absolute Gasteiger partial charge is 0.493 e. The van der Waals surface area contributed by atoms with Crippen LogP contribution in [0.2, 0.25) is 5.02 Å². The first kappa shape index (κ1) is 24.9. The molecule has 182 valence electrons. The van der Waals surface area contributed by atoms with Crippen LogP contribution in [0.15, 0.2) is 66.7 Å². The van der Waals surface area contributed by atoms with E-state index in [0.717, 1.165) is 16.7 Å². The van der Waals surface area contributed by atoms with Crippen LogP contribution in [0.3, 0.4) is 0 Å². The Hall–Kier alpha value is -3.16. The molecule has 0 unspecified atom stereocenters. The molecular weight excluding hydrogens is 484 g/mol. The smallest absolute Gasteiger partial charge is 0.251 e. The Morgan fingerprint density at radius 2 is 1.69 bits per heavy atom. The number of ether oxygens (including phenoxy) is 2. The minimum atomic E-state index is -0.134. The Kier molecular flexibility index (Phi) is 8.21. The van der Waals surface area contributed by atoms with Crippen LogP contribution < -0.4 is 14.8 Å². The Labute approximate surface area is 214 Å². The van der Waals surface area contributed by atoms with E-state index in [1.807, 2.05) is 71.6 Å². The second-order valence-corrected chi connectivity index (χ2v) is 9.63. The van der Waals surface area contributed by atoms with Crippen molar-refractivity contribution in [2.24, 2.45) is 0 Å². The van der Waals surface area contributed by atoms with Gasteiger partial charge >= 0.3 is 0 Å². The van der Waals surface area contributed by atoms with E-state index in [-0.39, 0.29) is 17.2 Å². The van der Waals surface area contributed by atoms with Gasteiger partial charge in [-0.1, -0.05) is 41.9 Å². The number of benzene rings is 3. The highest BCUT2D eigenvalue weighted by Crippen LogP contribution is 2.39. The summed E-state index contributed by atoms with van der Waals surface area (Å²) in [5, 5.41) is 3.55. The maximum absolute atomic E-state index is 12.6. The van der Waals surface area contributed by atoms with Crippen molar-refractivity contribution in [2.45, 2.75) is 18.3 Å². The summed E-state index contributed by atoms with van der Waals surface area (Å²) in [6.45, 7) is 1.02. The number of methoxy groups -OCH3 is 2. The zero-order valence-corrected chi connectivity index (χ0v) is 21.2. The molecule has 1 N–H and O–H groups in total. The van der Waals surface area contributed by atoms with Crippen LogP contribution in [0.25, 0.3) is 0 Å². The van der Waals surface area contributed by atoms with E-state index in [4.69, 9.17) is 21.1 Å². The number of rotatable bonds is 9. The van der Waals surface area contributed by atoms with Gasteiger partial charge in [-0.25, -0.2) is 0 Å². The molecule has 0 bridgehead atoms. The number of nitrogens with one attached hydrogen (secondary N) is 1. The average Bonchev–Trinajstić information content (AvgIpc) is 3.25. The number of hydrogen-bond donors (Lipinski definition) is 1. The standard InChI is InChI=1S/C27H27ClN2O4S/c1-33-23-12-5-18(15-24(23)34-2)13-14-29-26(32)20-6-8-21(9-7-20)27-30(25(31)17-35-27)16-19-3-10-22(28)11-4-19/h3-12,15,27H,13-14,16-17H2,1-2H3,(H,29,32)/t27-/m0/s1. The maximum atomic E-state index is 12.6. The summed E-state index contributed by atoms with van der Waals surface area (Å²) >= 11 is 7.58. The van der Waals surface area contributed by atoms with Gasteiger partial charge in [-0.3, -0.25) is 9.59 Å². The van der Waals surface area contributed by atoms with Crippen molar-refractivity contribution in [1.29, 1.82) is 0 Å². The molecule has 1 heterocycles. The zero-order valence-electron chi connectivity index (χ0n) is 19.6. The van der Waals surface area contributed by atoms with Crippen LogP contribution in [0, 0.1) is 0 Å². The first-order valence-corrected chi connectivity index (χ1v) is 12.7. The molecule has 0 spiro atoms. The van der Waals surface area contributed by atoms with Gasteiger partial charge in [0, 0.05) is 23.7 Å². The Morgan fingerprint density at radius 1 is 1.00 bits per heavy atom. The first-order chi connectivity index (χ1) is 17.0. The van der Waals surface area contributed by atoms with Gasteiger partial charge in [0.2, 0.25) is 5.91 Å². The minimum Gasteiger partial charge on any atom is -0.493 e. The molecule has 0 saturated carbocycles. The van der Waals surface area contributed by atoms with E-state index >= 15 is 0 Å². The molecule has 1 fully saturated rings. The van der Waals surface area contributed by atoms with Gasteiger partial charge < -0.3 is 19.7 Å². The summed E-state index contributed by atoms with van der Waals surface area (Å²) in [5.41, 5.74) is 3.65. The number of amides is 2. The fraction of sp³-hybridized carbons (Fsp3) is 0.259. The molecule has 1 aliphatic rings. The molecule has 35 heavy (non-hydrogen) atoms. The van der Waals surface area contributed by atoms with E-state index in [1.54, 1.807) is 26.0 Å². The quantitative estimate of drug-likeness (QED) is 0.433. The van der Waals surface area contributed by atoms with Crippen molar-refractivity contribution in [1.82, 2.24) is 10.2 Å². The molecule has 4 rings (SSSR count). The fourth-order valence-corrected chi connectivity index (χ4v) is 5.26. The molecule has 1 aliphatic heterocycles. The second kappa shape index (κ2) is 11.5. The van der Waals surface area contributed by atoms with Gasteiger partial charge in [0.1, 0.15) is 5.37 Å². The lowest BCUT2D eigenvalue weighted by molar-refractivity contribution is -0.128. The Bertz CT molecular complexity index is 1180. The third kappa shape index (κ3) is 6.10. The lowest BCUT2D eigenvalue weighted by Crippen LogP contribution is -2.28. The fourth-order valence-electron chi connectivity index (χ4n) is 3.95. The molecule has 0 radical (unpaired) electrons. The highest BCUT2D eigenvalue weighted by atomic mass is 35.5. The molecule has 3 aromatic carbocycles. The summed E-state index contributed by atoms with van der Waals surface area (Å²) in [6, 6.07) is 20.7. The molecule has 8 heteroatoms. The molecule has 1 atom stereocenters. The number of nitrogens with zero attached hydrogens (tertiary/aromatic N) is 1. The van der Waals surface area contributed by atoms with Gasteiger partial charge in [0.15, 0.2) is 11.5 Å². The van der Waals surface area contributed by atoms with Crippen molar-refractivity contribution in [2.75, 3.05) is 26.5 Å². The van der Waals surface area contributed by atoms with Crippen LogP contribution in [0.1, 0.15) is 32.4 Å². The van der Waals surface area contributed by atoms with E-state index in [1.165, 1.54) is 0 Å². The average molecular weight is 511 g/mol. The van der Waals surface area contributed by atoms with Gasteiger partial charge in [-0.05, 0) is 59.5 Å². The van der Waals surface area contributed by atoms with Crippen molar-refractivity contribution < 1.29 is 19.1 Å². The van der Waals surface area contributed by atoms with Gasteiger partial charge in [-0.2, -0.15) is 0 Å². The van der Waals surface area contributed by atoms with Crippen LogP contribution in [-0.4, -0.2) is 43.2 Å². The van der Waals surface area contributed by atoms with Gasteiger partial charge in [0.25, 0.3) is 5.91 Å². The van der Waals surface area contributed by atoms with E-state index in [9.17, 15) is 9.59 Å². The number of halogens is 1. The predicted octanol–water partition coefficient (Wildman–Crippen LogP) is 5.10. The molecule has 0 aliphatic carbocycles. The summed E-state index contributed by atoms with van der Waals surface area (Å²) in [5.74, 6) is 1.75. The maximum Gasteiger partial charge on any atom is 0.251 e. The predicted molar refractivity (Wildman–Crippen MR) is 139 cm³/mol. The van der Waals surface area contributed by atoms with Crippen LogP contribution in [-0.2, 0) is 17.8 Å². The van der Waals surface area contributed by atoms with Crippen LogP contribution >= 0.6 is 23.4 Å². The highest BCUT2D eigenvalue weighted by Gasteiger charge is 2.32. The summed E-state index contributed by atoms with van der Waals surface area (Å²) in [4.78, 5) is 27.0. The molecule has 0 aromatic heterocycles. The monoisotopic (exact) mass is 510 g/mol. The summed E-state index contributed by atoms with van der Waals surface area (Å²) in [7, 11) is 3.20. The highest BCUT2D eigenvalue weighted by molar-refractivity contribution is 8.00. The SMILES string of the molecule is COc1ccc(CCNC(=O)c2ccc([C@@H]3SCC(=O)N3Cc3ccc(Cl)cc3)cc2)cc1OC. The van der Waals surface area contributed by atoms with Crippen molar-refractivity contribution in [3.8, 4) is 11.5 Å².